The Kier molecular flexibility index (Phi) is 56.6. The fourth-order valence-corrected chi connectivity index (χ4v) is 13.2. The number of nitrogens with one attached hydrogen (secondary N) is 1. The van der Waals surface area contributed by atoms with Gasteiger partial charge in [-0.3, -0.25) is 4.79 Å². The molecule has 0 aromatic rings. The Balaban J connectivity index is 1.39. The molecule has 0 saturated carbocycles. The van der Waals surface area contributed by atoms with E-state index in [9.17, 15) is 61.0 Å². The van der Waals surface area contributed by atoms with E-state index in [1.165, 1.54) is 193 Å². The van der Waals surface area contributed by atoms with Crippen molar-refractivity contribution in [2.24, 2.45) is 0 Å². The second-order valence-corrected chi connectivity index (χ2v) is 28.5. The lowest BCUT2D eigenvalue weighted by Gasteiger charge is -2.48. The zero-order valence-electron chi connectivity index (χ0n) is 62.6. The van der Waals surface area contributed by atoms with E-state index in [-0.39, 0.29) is 18.9 Å². The molecule has 3 heterocycles. The van der Waals surface area contributed by atoms with Crippen LogP contribution in [-0.4, -0.2) is 193 Å². The lowest BCUT2D eigenvalue weighted by molar-refractivity contribution is -0.379. The Morgan fingerprint density at radius 1 is 0.366 bits per heavy atom. The molecular weight excluding hydrogens is 1290 g/mol. The Hall–Kier alpha value is -3.03. The van der Waals surface area contributed by atoms with Crippen molar-refractivity contribution >= 4 is 5.91 Å². The number of amides is 1. The van der Waals surface area contributed by atoms with E-state index in [1.807, 2.05) is 6.08 Å². The number of unbranched alkanes of at least 4 members (excludes halogenated alkanes) is 35. The minimum absolute atomic E-state index is 0.230. The van der Waals surface area contributed by atoms with E-state index in [2.05, 4.69) is 92.1 Å². The minimum Gasteiger partial charge on any atom is -0.394 e. The van der Waals surface area contributed by atoms with Gasteiger partial charge in [0.1, 0.15) is 73.2 Å². The van der Waals surface area contributed by atoms with Gasteiger partial charge in [0, 0.05) is 6.42 Å². The van der Waals surface area contributed by atoms with Gasteiger partial charge in [0.15, 0.2) is 18.9 Å². The van der Waals surface area contributed by atoms with Gasteiger partial charge in [0.05, 0.1) is 38.6 Å². The molecule has 3 aliphatic rings. The molecule has 17 atom stereocenters. The molecule has 0 radical (unpaired) electrons. The van der Waals surface area contributed by atoms with Gasteiger partial charge in [-0.2, -0.15) is 0 Å². The third-order valence-electron chi connectivity index (χ3n) is 19.7. The number of carbonyl (C=O) groups is 1. The van der Waals surface area contributed by atoms with Crippen LogP contribution in [0.1, 0.15) is 296 Å². The molecule has 0 aromatic heterocycles. The first-order valence-corrected chi connectivity index (χ1v) is 40.3. The lowest BCUT2D eigenvalue weighted by atomic mass is 9.96. The Bertz CT molecular complexity index is 2150. The molecule has 19 nitrogen and oxygen atoms in total. The molecule has 17 unspecified atom stereocenters. The van der Waals surface area contributed by atoms with Crippen molar-refractivity contribution in [2.45, 2.75) is 401 Å². The highest BCUT2D eigenvalue weighted by atomic mass is 16.8. The number of allylic oxidation sites excluding steroid dienone is 13. The number of hydrogen-bond donors (Lipinski definition) is 12. The van der Waals surface area contributed by atoms with Gasteiger partial charge in [0.2, 0.25) is 5.91 Å². The molecule has 3 fully saturated rings. The summed E-state index contributed by atoms with van der Waals surface area (Å²) in [5.41, 5.74) is 0. The number of ether oxygens (including phenoxy) is 6. The molecule has 0 bridgehead atoms. The summed E-state index contributed by atoms with van der Waals surface area (Å²) in [4.78, 5) is 13.5. The van der Waals surface area contributed by atoms with E-state index >= 15 is 0 Å². The molecule has 101 heavy (non-hydrogen) atoms. The Morgan fingerprint density at radius 3 is 1.11 bits per heavy atom. The number of aliphatic hydroxyl groups is 11. The van der Waals surface area contributed by atoms with Gasteiger partial charge in [-0.1, -0.05) is 292 Å². The van der Waals surface area contributed by atoms with E-state index in [4.69, 9.17) is 28.4 Å². The van der Waals surface area contributed by atoms with Crippen LogP contribution < -0.4 is 5.32 Å². The van der Waals surface area contributed by atoms with Crippen molar-refractivity contribution in [1.82, 2.24) is 5.32 Å². The van der Waals surface area contributed by atoms with Crippen LogP contribution in [0.2, 0.25) is 0 Å². The van der Waals surface area contributed by atoms with Crippen molar-refractivity contribution in [3.8, 4) is 0 Å². The Labute approximate surface area is 610 Å². The first-order valence-electron chi connectivity index (χ1n) is 40.3. The summed E-state index contributed by atoms with van der Waals surface area (Å²) in [7, 11) is 0. The summed E-state index contributed by atoms with van der Waals surface area (Å²) in [5, 5.41) is 121. The molecule has 586 valence electrons. The van der Waals surface area contributed by atoms with Gasteiger partial charge >= 0.3 is 0 Å². The average Bonchev–Trinajstić information content (AvgIpc) is 0.792. The van der Waals surface area contributed by atoms with Crippen molar-refractivity contribution in [3.63, 3.8) is 0 Å². The fraction of sp³-hybridized carbons (Fsp3) is 0.817. The first-order chi connectivity index (χ1) is 49.3. The molecule has 3 aliphatic heterocycles. The predicted molar refractivity (Wildman–Crippen MR) is 401 cm³/mol. The van der Waals surface area contributed by atoms with Crippen LogP contribution in [0.5, 0.6) is 0 Å². The minimum atomic E-state index is -1.99. The second kappa shape index (κ2) is 62.1. The van der Waals surface area contributed by atoms with Gasteiger partial charge in [-0.25, -0.2) is 0 Å². The topological polar surface area (TPSA) is 307 Å². The zero-order valence-corrected chi connectivity index (χ0v) is 62.6. The summed E-state index contributed by atoms with van der Waals surface area (Å²) in [5.74, 6) is -0.288. The molecule has 3 rings (SSSR count). The van der Waals surface area contributed by atoms with Crippen LogP contribution >= 0.6 is 0 Å². The number of rotatable bonds is 63. The number of aliphatic hydroxyl groups excluding tert-OH is 11. The van der Waals surface area contributed by atoms with Gasteiger partial charge in [-0.05, 0) is 83.5 Å². The zero-order chi connectivity index (χ0) is 73.2. The maximum atomic E-state index is 13.5. The molecule has 3 saturated heterocycles. The van der Waals surface area contributed by atoms with Gasteiger partial charge in [-0.15, -0.1) is 0 Å². The maximum absolute atomic E-state index is 13.5. The summed E-state index contributed by atoms with van der Waals surface area (Å²) in [6.07, 6.45) is 55.7. The Morgan fingerprint density at radius 2 is 0.693 bits per heavy atom. The average molecular weight is 1430 g/mol. The summed E-state index contributed by atoms with van der Waals surface area (Å²) in [6, 6.07) is -1.00. The molecule has 1 amide bonds. The standard InChI is InChI=1S/C82H145NO18/c1-3-5-7-9-11-13-15-17-19-21-23-25-27-29-30-31-32-33-34-36-38-40-42-44-46-48-50-52-54-56-58-60-70(88)83-65(66(87)59-57-55-53-51-49-47-45-43-41-39-37-35-28-26-24-22-20-18-16-14-12-10-8-6-4-2)64-96-80-76(94)73(91)78(68(62-85)98-80)101-82-77(95)74(92)79(69(63-86)99-82)100-81-75(93)72(90)71(89)67(61-84)97-81/h5,7,11,13,17,19,23,25,41,43,49,51,57,59,65-69,71-82,84-87,89-95H,3-4,6,8-10,12,14-16,18,20-22,24,26-40,42,44-48,50,52-56,58,60-64H2,1-2H3,(H,83,88)/b7-5-,13-11-,19-17-,25-23-,43-41+,51-49+,59-57+. The predicted octanol–water partition coefficient (Wildman–Crippen LogP) is 13.4. The van der Waals surface area contributed by atoms with E-state index in [1.54, 1.807) is 6.08 Å². The van der Waals surface area contributed by atoms with Crippen molar-refractivity contribution in [1.29, 1.82) is 0 Å². The highest BCUT2D eigenvalue weighted by Gasteiger charge is 2.54. The number of carbonyl (C=O) groups excluding carboxylic acids is 1. The van der Waals surface area contributed by atoms with Crippen molar-refractivity contribution < 1.29 is 89.4 Å². The van der Waals surface area contributed by atoms with E-state index in [0.717, 1.165) is 70.6 Å². The highest BCUT2D eigenvalue weighted by Crippen LogP contribution is 2.33. The molecule has 0 spiro atoms. The van der Waals surface area contributed by atoms with Crippen LogP contribution in [0, 0.1) is 0 Å². The third-order valence-corrected chi connectivity index (χ3v) is 19.7. The third kappa shape index (κ3) is 42.2. The summed E-state index contributed by atoms with van der Waals surface area (Å²) >= 11 is 0. The van der Waals surface area contributed by atoms with Crippen molar-refractivity contribution in [2.75, 3.05) is 26.4 Å². The van der Waals surface area contributed by atoms with Crippen LogP contribution in [0.4, 0.5) is 0 Å². The normalized spacial score (nSPS) is 26.8. The monoisotopic (exact) mass is 1430 g/mol. The molecule has 19 heteroatoms. The maximum Gasteiger partial charge on any atom is 0.220 e. The fourth-order valence-electron chi connectivity index (χ4n) is 13.2. The van der Waals surface area contributed by atoms with E-state index in [0.29, 0.717) is 12.8 Å². The highest BCUT2D eigenvalue weighted by molar-refractivity contribution is 5.76. The van der Waals surface area contributed by atoms with Crippen LogP contribution in [0.25, 0.3) is 0 Å². The molecular formula is C82H145NO18. The summed E-state index contributed by atoms with van der Waals surface area (Å²) in [6.45, 7) is 1.63. The lowest BCUT2D eigenvalue weighted by Crippen LogP contribution is -2.66. The molecule has 0 aromatic carbocycles. The van der Waals surface area contributed by atoms with Crippen molar-refractivity contribution in [3.05, 3.63) is 85.1 Å². The summed E-state index contributed by atoms with van der Waals surface area (Å²) < 4.78 is 34.4. The smallest absolute Gasteiger partial charge is 0.220 e. The molecule has 0 aliphatic carbocycles. The van der Waals surface area contributed by atoms with Crippen LogP contribution in [0.15, 0.2) is 85.1 Å². The quantitative estimate of drug-likeness (QED) is 0.0199. The largest absolute Gasteiger partial charge is 0.394 e. The number of hydrogen-bond acceptors (Lipinski definition) is 18. The van der Waals surface area contributed by atoms with E-state index < -0.39 is 124 Å². The second-order valence-electron chi connectivity index (χ2n) is 28.5. The van der Waals surface area contributed by atoms with Crippen LogP contribution in [-0.2, 0) is 33.2 Å². The van der Waals surface area contributed by atoms with Crippen LogP contribution in [0.3, 0.4) is 0 Å². The van der Waals surface area contributed by atoms with Gasteiger partial charge in [0.25, 0.3) is 0 Å². The first kappa shape index (κ1) is 92.2. The SMILES string of the molecule is CC/C=C\C/C=C\C/C=C\C/C=C\CCCCCCCCCCCCCCCCCCCCC(=O)NC(COC1OC(CO)C(OC2OC(CO)C(OC3OC(CO)C(O)C(O)C3O)C(O)C2O)C(O)C1O)C(O)/C=C/CC/C=C/CC/C=C/CCCCCCCCCCCCCCCCC. The molecule has 12 N–H and O–H groups in total. The van der Waals surface area contributed by atoms with Gasteiger partial charge < -0.3 is 89.9 Å².